The summed E-state index contributed by atoms with van der Waals surface area (Å²) in [4.78, 5) is 24.7. The van der Waals surface area contributed by atoms with Crippen molar-refractivity contribution in [1.82, 2.24) is 0 Å². The maximum Gasteiger partial charge on any atom is 0.307 e. The van der Waals surface area contributed by atoms with Gasteiger partial charge in [-0.05, 0) is 24.1 Å². The third-order valence-electron chi connectivity index (χ3n) is 3.43. The Morgan fingerprint density at radius 1 is 1.13 bits per heavy atom. The maximum absolute atomic E-state index is 11.4. The van der Waals surface area contributed by atoms with Gasteiger partial charge in [0.15, 0.2) is 0 Å². The zero-order valence-electron chi connectivity index (χ0n) is 13.6. The molecule has 6 nitrogen and oxygen atoms in total. The third kappa shape index (κ3) is 6.83. The Morgan fingerprint density at radius 3 is 2.26 bits per heavy atom. The van der Waals surface area contributed by atoms with E-state index in [9.17, 15) is 9.59 Å². The zero-order chi connectivity index (χ0) is 17.1. The second kappa shape index (κ2) is 10.2. The average Bonchev–Trinajstić information content (AvgIpc) is 2.59. The van der Waals surface area contributed by atoms with Gasteiger partial charge in [0.05, 0.1) is 33.1 Å². The van der Waals surface area contributed by atoms with Crippen LogP contribution in [0.1, 0.15) is 24.8 Å². The van der Waals surface area contributed by atoms with E-state index < -0.39 is 0 Å². The molecule has 0 saturated carbocycles. The normalized spacial score (nSPS) is 9.78. The number of esters is 2. The van der Waals surface area contributed by atoms with Crippen molar-refractivity contribution in [2.24, 2.45) is 0 Å². The Labute approximate surface area is 136 Å². The Morgan fingerprint density at radius 2 is 1.74 bits per heavy atom. The lowest BCUT2D eigenvalue weighted by Crippen LogP contribution is -2.29. The van der Waals surface area contributed by atoms with Crippen LogP contribution in [0.3, 0.4) is 0 Å². The van der Waals surface area contributed by atoms with E-state index >= 15 is 0 Å². The van der Waals surface area contributed by atoms with Gasteiger partial charge < -0.3 is 14.4 Å². The fourth-order valence-corrected chi connectivity index (χ4v) is 2.14. The van der Waals surface area contributed by atoms with Crippen LogP contribution in [0.15, 0.2) is 24.3 Å². The van der Waals surface area contributed by atoms with Crippen LogP contribution < -0.4 is 4.90 Å². The summed E-state index contributed by atoms with van der Waals surface area (Å²) in [5, 5.41) is 8.69. The molecule has 23 heavy (non-hydrogen) atoms. The van der Waals surface area contributed by atoms with Crippen LogP contribution in [-0.2, 0) is 25.5 Å². The summed E-state index contributed by atoms with van der Waals surface area (Å²) >= 11 is 0. The molecule has 0 aliphatic carbocycles. The Kier molecular flexibility index (Phi) is 8.22. The number of hydrogen-bond donors (Lipinski definition) is 0. The number of hydrogen-bond acceptors (Lipinski definition) is 6. The molecular formula is C17H22N2O4. The number of ether oxygens (including phenoxy) is 2. The van der Waals surface area contributed by atoms with E-state index in [1.807, 2.05) is 29.2 Å². The summed E-state index contributed by atoms with van der Waals surface area (Å²) < 4.78 is 9.33. The Hall–Kier alpha value is -2.55. The average molecular weight is 318 g/mol. The highest BCUT2D eigenvalue weighted by molar-refractivity contribution is 5.71. The second-order valence-corrected chi connectivity index (χ2v) is 4.97. The van der Waals surface area contributed by atoms with E-state index in [4.69, 9.17) is 5.26 Å². The molecule has 0 radical (unpaired) electrons. The number of carbonyl (C=O) groups is 2. The third-order valence-corrected chi connectivity index (χ3v) is 3.43. The predicted molar refractivity (Wildman–Crippen MR) is 85.9 cm³/mol. The van der Waals surface area contributed by atoms with Gasteiger partial charge in [-0.25, -0.2) is 0 Å². The lowest BCUT2D eigenvalue weighted by molar-refractivity contribution is -0.140. The summed E-state index contributed by atoms with van der Waals surface area (Å²) in [6.07, 6.45) is 1.60. The summed E-state index contributed by atoms with van der Waals surface area (Å²) in [6.45, 7) is 0.900. The number of carbonyl (C=O) groups excluding carboxylic acids is 2. The highest BCUT2D eigenvalue weighted by atomic mass is 16.5. The summed E-state index contributed by atoms with van der Waals surface area (Å²) in [5.74, 6) is -0.595. The molecule has 1 aromatic rings. The lowest BCUT2D eigenvalue weighted by atomic mass is 10.1. The smallest absolute Gasteiger partial charge is 0.307 e. The van der Waals surface area contributed by atoms with E-state index in [1.165, 1.54) is 14.2 Å². The van der Waals surface area contributed by atoms with E-state index in [0.717, 1.165) is 11.3 Å². The van der Waals surface area contributed by atoms with Crippen molar-refractivity contribution in [2.75, 3.05) is 32.2 Å². The first-order chi connectivity index (χ1) is 11.1. The molecule has 6 heteroatoms. The molecule has 124 valence electrons. The van der Waals surface area contributed by atoms with Gasteiger partial charge in [0, 0.05) is 25.2 Å². The zero-order valence-corrected chi connectivity index (χ0v) is 13.6. The molecule has 0 saturated heterocycles. The Bertz CT molecular complexity index is 546. The number of benzene rings is 1. The summed E-state index contributed by atoms with van der Waals surface area (Å²) in [5.41, 5.74) is 1.96. The fraction of sp³-hybridized carbons (Fsp3) is 0.471. The van der Waals surface area contributed by atoms with Gasteiger partial charge in [-0.15, -0.1) is 0 Å². The van der Waals surface area contributed by atoms with Crippen LogP contribution in [-0.4, -0.2) is 39.2 Å². The van der Waals surface area contributed by atoms with Gasteiger partial charge in [-0.2, -0.15) is 5.26 Å². The number of nitrogens with zero attached hydrogens (tertiary/aromatic N) is 2. The topological polar surface area (TPSA) is 79.6 Å². The van der Waals surface area contributed by atoms with Crippen LogP contribution in [0.5, 0.6) is 0 Å². The predicted octanol–water partition coefficient (Wildman–Crippen LogP) is 2.08. The number of rotatable bonds is 9. The molecule has 0 unspecified atom stereocenters. The van der Waals surface area contributed by atoms with Crippen LogP contribution in [0.25, 0.3) is 0 Å². The highest BCUT2D eigenvalue weighted by Crippen LogP contribution is 2.18. The molecule has 0 atom stereocenters. The number of aryl methyl sites for hydroxylation is 1. The molecule has 1 rings (SSSR count). The van der Waals surface area contributed by atoms with Crippen LogP contribution in [0, 0.1) is 11.3 Å². The fourth-order valence-electron chi connectivity index (χ4n) is 2.14. The molecule has 0 heterocycles. The molecule has 0 spiro atoms. The molecule has 0 amide bonds. The molecule has 0 N–H and O–H groups in total. The van der Waals surface area contributed by atoms with Gasteiger partial charge >= 0.3 is 11.9 Å². The first kappa shape index (κ1) is 18.5. The van der Waals surface area contributed by atoms with Crippen molar-refractivity contribution in [2.45, 2.75) is 25.7 Å². The minimum Gasteiger partial charge on any atom is -0.469 e. The van der Waals surface area contributed by atoms with Crippen LogP contribution in [0.2, 0.25) is 0 Å². The summed E-state index contributed by atoms with van der Waals surface area (Å²) in [7, 11) is 2.70. The minimum absolute atomic E-state index is 0.236. The molecule has 0 bridgehead atoms. The van der Waals surface area contributed by atoms with Crippen LogP contribution in [0.4, 0.5) is 5.69 Å². The number of anilines is 1. The van der Waals surface area contributed by atoms with Crippen molar-refractivity contribution < 1.29 is 19.1 Å². The monoisotopic (exact) mass is 318 g/mol. The summed E-state index contributed by atoms with van der Waals surface area (Å²) in [6, 6.07) is 9.89. The molecule has 0 aliphatic rings. The van der Waals surface area contributed by atoms with E-state index in [2.05, 4.69) is 15.5 Å². The quantitative estimate of drug-likeness (QED) is 0.649. The SMILES string of the molecule is COC(=O)CCN(CCC(=O)OC)c1cccc(CCC#N)c1. The van der Waals surface area contributed by atoms with Crippen molar-refractivity contribution in [3.63, 3.8) is 0 Å². The maximum atomic E-state index is 11.4. The van der Waals surface area contributed by atoms with Crippen molar-refractivity contribution in [3.05, 3.63) is 29.8 Å². The molecule has 0 aliphatic heterocycles. The molecule has 1 aromatic carbocycles. The number of nitriles is 1. The van der Waals surface area contributed by atoms with Gasteiger partial charge in [-0.3, -0.25) is 9.59 Å². The van der Waals surface area contributed by atoms with E-state index in [-0.39, 0.29) is 24.8 Å². The molecule has 0 fully saturated rings. The number of methoxy groups -OCH3 is 2. The first-order valence-electron chi connectivity index (χ1n) is 7.45. The van der Waals surface area contributed by atoms with Gasteiger partial charge in [0.1, 0.15) is 0 Å². The van der Waals surface area contributed by atoms with Gasteiger partial charge in [-0.1, -0.05) is 12.1 Å². The van der Waals surface area contributed by atoms with Crippen LogP contribution >= 0.6 is 0 Å². The van der Waals surface area contributed by atoms with Gasteiger partial charge in [0.2, 0.25) is 0 Å². The first-order valence-corrected chi connectivity index (χ1v) is 7.45. The molecule has 0 aromatic heterocycles. The van der Waals surface area contributed by atoms with Crippen molar-refractivity contribution in [3.8, 4) is 6.07 Å². The molecular weight excluding hydrogens is 296 g/mol. The van der Waals surface area contributed by atoms with Crippen molar-refractivity contribution in [1.29, 1.82) is 5.26 Å². The second-order valence-electron chi connectivity index (χ2n) is 4.97. The van der Waals surface area contributed by atoms with Crippen molar-refractivity contribution >= 4 is 17.6 Å². The lowest BCUT2D eigenvalue weighted by Gasteiger charge is -2.24. The highest BCUT2D eigenvalue weighted by Gasteiger charge is 2.12. The largest absolute Gasteiger partial charge is 0.469 e. The van der Waals surface area contributed by atoms with E-state index in [1.54, 1.807) is 0 Å². The standard InChI is InChI=1S/C17H22N2O4/c1-22-16(20)8-11-19(12-9-17(21)23-2)15-7-3-5-14(13-15)6-4-10-18/h3,5,7,13H,4,6,8-9,11-12H2,1-2H3. The van der Waals surface area contributed by atoms with E-state index in [0.29, 0.717) is 25.9 Å². The minimum atomic E-state index is -0.297. The van der Waals surface area contributed by atoms with Gasteiger partial charge in [0.25, 0.3) is 0 Å². The Balaban J connectivity index is 2.82.